The molecular formula is C23H34N2O7. The van der Waals surface area contributed by atoms with Crippen LogP contribution in [0.5, 0.6) is 0 Å². The highest BCUT2D eigenvalue weighted by Gasteiger charge is 2.49. The van der Waals surface area contributed by atoms with Crippen LogP contribution in [-0.2, 0) is 30.3 Å². The van der Waals surface area contributed by atoms with Crippen LogP contribution in [0.2, 0.25) is 0 Å². The molecule has 2 atom stereocenters. The minimum absolute atomic E-state index is 0.0707. The Kier molecular flexibility index (Phi) is 8.49. The molecule has 32 heavy (non-hydrogen) atoms. The quantitative estimate of drug-likeness (QED) is 0.500. The van der Waals surface area contributed by atoms with E-state index in [-0.39, 0.29) is 26.2 Å². The summed E-state index contributed by atoms with van der Waals surface area (Å²) in [5.74, 6) is -0.505. The Labute approximate surface area is 189 Å². The molecule has 2 rings (SSSR count). The zero-order chi connectivity index (χ0) is 23.9. The van der Waals surface area contributed by atoms with E-state index in [2.05, 4.69) is 5.32 Å². The van der Waals surface area contributed by atoms with Crippen LogP contribution < -0.4 is 5.32 Å². The number of carbonyl (C=O) groups excluding carboxylic acids is 3. The van der Waals surface area contributed by atoms with Crippen molar-refractivity contribution < 1.29 is 33.3 Å². The number of nitrogens with zero attached hydrogens (tertiary/aromatic N) is 1. The lowest BCUT2D eigenvalue weighted by Crippen LogP contribution is -2.57. The highest BCUT2D eigenvalue weighted by molar-refractivity contribution is 5.74. The third-order valence-electron chi connectivity index (χ3n) is 4.78. The van der Waals surface area contributed by atoms with Gasteiger partial charge >= 0.3 is 18.2 Å². The van der Waals surface area contributed by atoms with Crippen LogP contribution in [0.15, 0.2) is 30.3 Å². The van der Waals surface area contributed by atoms with Crippen molar-refractivity contribution in [2.24, 2.45) is 0 Å². The smallest absolute Gasteiger partial charge is 0.412 e. The zero-order valence-corrected chi connectivity index (χ0v) is 19.7. The molecule has 2 amide bonds. The molecule has 1 unspecified atom stereocenters. The van der Waals surface area contributed by atoms with Gasteiger partial charge in [-0.3, -0.25) is 9.69 Å². The molecule has 0 saturated carbocycles. The number of carbonyl (C=O) groups is 3. The normalized spacial score (nSPS) is 18.6. The van der Waals surface area contributed by atoms with Gasteiger partial charge in [0.15, 0.2) is 0 Å². The predicted molar refractivity (Wildman–Crippen MR) is 117 cm³/mol. The lowest BCUT2D eigenvalue weighted by Gasteiger charge is -2.37. The summed E-state index contributed by atoms with van der Waals surface area (Å²) >= 11 is 0. The third kappa shape index (κ3) is 7.40. The first-order valence-corrected chi connectivity index (χ1v) is 10.7. The van der Waals surface area contributed by atoms with E-state index in [1.54, 1.807) is 41.5 Å². The fourth-order valence-corrected chi connectivity index (χ4v) is 3.39. The Balaban J connectivity index is 2.18. The Hall–Kier alpha value is -2.81. The Morgan fingerprint density at radius 1 is 1.19 bits per heavy atom. The first kappa shape index (κ1) is 25.5. The summed E-state index contributed by atoms with van der Waals surface area (Å²) in [5, 5.41) is 2.71. The number of rotatable bonds is 7. The van der Waals surface area contributed by atoms with Gasteiger partial charge in [0.05, 0.1) is 31.7 Å². The second-order valence-corrected chi connectivity index (χ2v) is 9.00. The van der Waals surface area contributed by atoms with Gasteiger partial charge in [0, 0.05) is 0 Å². The number of alkyl carbamates (subject to hydrolysis) is 1. The van der Waals surface area contributed by atoms with E-state index >= 15 is 0 Å². The summed E-state index contributed by atoms with van der Waals surface area (Å²) in [6.45, 7) is 10.8. The number of hydrogen-bond donors (Lipinski definition) is 1. The van der Waals surface area contributed by atoms with Gasteiger partial charge in [-0.15, -0.1) is 0 Å². The van der Waals surface area contributed by atoms with Gasteiger partial charge in [-0.05, 0) is 47.1 Å². The molecule has 1 aromatic carbocycles. The third-order valence-corrected chi connectivity index (χ3v) is 4.78. The molecule has 9 nitrogen and oxygen atoms in total. The number of nitrogens with one attached hydrogen (secondary N) is 1. The molecule has 1 aliphatic heterocycles. The maximum absolute atomic E-state index is 13.0. The minimum atomic E-state index is -0.991. The number of hydrogen-bond acceptors (Lipinski definition) is 7. The van der Waals surface area contributed by atoms with Crippen LogP contribution >= 0.6 is 0 Å². The highest BCUT2D eigenvalue weighted by Crippen LogP contribution is 2.32. The molecular weight excluding hydrogens is 416 g/mol. The standard InChI is InChI=1S/C23H34N2O7/c1-7-29-19(26)13-17(24-20(27)30-14-16-11-9-8-10-12-16)18-15-31-23(5,6)25(18)21(28)32-22(2,3)4/h8-12,17-18H,7,13-15H2,1-6H3,(H,24,27)/t17?,18-/m1/s1. The van der Waals surface area contributed by atoms with Gasteiger partial charge in [0.25, 0.3) is 0 Å². The molecule has 0 bridgehead atoms. The summed E-state index contributed by atoms with van der Waals surface area (Å²) in [6, 6.07) is 7.77. The van der Waals surface area contributed by atoms with Crippen molar-refractivity contribution in [1.82, 2.24) is 10.2 Å². The lowest BCUT2D eigenvalue weighted by molar-refractivity contribution is -0.144. The van der Waals surface area contributed by atoms with Crippen LogP contribution in [0.4, 0.5) is 9.59 Å². The van der Waals surface area contributed by atoms with Crippen molar-refractivity contribution >= 4 is 18.2 Å². The summed E-state index contributed by atoms with van der Waals surface area (Å²) in [7, 11) is 0. The fourth-order valence-electron chi connectivity index (χ4n) is 3.39. The molecule has 0 spiro atoms. The molecule has 1 saturated heterocycles. The lowest BCUT2D eigenvalue weighted by atomic mass is 10.0. The molecule has 1 aromatic rings. The van der Waals surface area contributed by atoms with Crippen molar-refractivity contribution in [2.45, 2.75) is 78.0 Å². The van der Waals surface area contributed by atoms with Crippen molar-refractivity contribution in [2.75, 3.05) is 13.2 Å². The first-order chi connectivity index (χ1) is 14.9. The summed E-state index contributed by atoms with van der Waals surface area (Å²) < 4.78 is 21.7. The van der Waals surface area contributed by atoms with Crippen LogP contribution in [0.25, 0.3) is 0 Å². The highest BCUT2D eigenvalue weighted by atomic mass is 16.6. The van der Waals surface area contributed by atoms with Gasteiger partial charge in [-0.1, -0.05) is 30.3 Å². The molecule has 0 aromatic heterocycles. The molecule has 0 radical (unpaired) electrons. The topological polar surface area (TPSA) is 103 Å². The predicted octanol–water partition coefficient (Wildman–Crippen LogP) is 3.61. The first-order valence-electron chi connectivity index (χ1n) is 10.7. The molecule has 178 valence electrons. The van der Waals surface area contributed by atoms with Crippen molar-refractivity contribution in [3.63, 3.8) is 0 Å². The van der Waals surface area contributed by atoms with Gasteiger partial charge in [-0.2, -0.15) is 0 Å². The average molecular weight is 451 g/mol. The Morgan fingerprint density at radius 3 is 2.44 bits per heavy atom. The monoisotopic (exact) mass is 450 g/mol. The second kappa shape index (κ2) is 10.7. The molecule has 1 N–H and O–H groups in total. The van der Waals surface area contributed by atoms with E-state index in [0.29, 0.717) is 0 Å². The minimum Gasteiger partial charge on any atom is -0.466 e. The van der Waals surface area contributed by atoms with Crippen LogP contribution in [0, 0.1) is 0 Å². The zero-order valence-electron chi connectivity index (χ0n) is 19.7. The molecule has 9 heteroatoms. The average Bonchev–Trinajstić information content (AvgIpc) is 3.00. The number of amides is 2. The fraction of sp³-hybridized carbons (Fsp3) is 0.609. The summed E-state index contributed by atoms with van der Waals surface area (Å²) in [5.41, 5.74) is -0.889. The van der Waals surface area contributed by atoms with E-state index in [9.17, 15) is 14.4 Å². The van der Waals surface area contributed by atoms with E-state index in [1.807, 2.05) is 30.3 Å². The summed E-state index contributed by atoms with van der Waals surface area (Å²) in [4.78, 5) is 39.2. The largest absolute Gasteiger partial charge is 0.466 e. The molecule has 1 fully saturated rings. The molecule has 1 aliphatic rings. The van der Waals surface area contributed by atoms with Crippen LogP contribution in [-0.4, -0.2) is 59.7 Å². The van der Waals surface area contributed by atoms with Crippen LogP contribution in [0.3, 0.4) is 0 Å². The maximum atomic E-state index is 13.0. The second-order valence-electron chi connectivity index (χ2n) is 9.00. The van der Waals surface area contributed by atoms with Crippen molar-refractivity contribution in [3.8, 4) is 0 Å². The van der Waals surface area contributed by atoms with Crippen LogP contribution in [0.1, 0.15) is 53.5 Å². The number of esters is 1. The maximum Gasteiger partial charge on any atom is 0.412 e. The number of benzene rings is 1. The summed E-state index contributed by atoms with van der Waals surface area (Å²) in [6.07, 6.45) is -1.46. The van der Waals surface area contributed by atoms with Gasteiger partial charge < -0.3 is 24.3 Å². The van der Waals surface area contributed by atoms with Crippen molar-refractivity contribution in [3.05, 3.63) is 35.9 Å². The van der Waals surface area contributed by atoms with Gasteiger partial charge in [-0.25, -0.2) is 9.59 Å². The van der Waals surface area contributed by atoms with E-state index in [4.69, 9.17) is 18.9 Å². The van der Waals surface area contributed by atoms with E-state index in [1.165, 1.54) is 4.90 Å². The Bertz CT molecular complexity index is 789. The van der Waals surface area contributed by atoms with Gasteiger partial charge in [0.1, 0.15) is 17.9 Å². The SMILES string of the molecule is CCOC(=O)CC(NC(=O)OCc1ccccc1)[C@H]1COC(C)(C)N1C(=O)OC(C)(C)C. The van der Waals surface area contributed by atoms with E-state index < -0.39 is 41.6 Å². The van der Waals surface area contributed by atoms with Crippen molar-refractivity contribution in [1.29, 1.82) is 0 Å². The molecule has 0 aliphatic carbocycles. The molecule has 1 heterocycles. The number of ether oxygens (including phenoxy) is 4. The van der Waals surface area contributed by atoms with E-state index in [0.717, 1.165) is 5.56 Å². The van der Waals surface area contributed by atoms with Gasteiger partial charge in [0.2, 0.25) is 0 Å². The Morgan fingerprint density at radius 2 is 1.84 bits per heavy atom.